The fourth-order valence-corrected chi connectivity index (χ4v) is 3.55. The molecule has 2 aromatic rings. The maximum atomic E-state index is 5.48. The predicted octanol–water partition coefficient (Wildman–Crippen LogP) is 4.96. The zero-order valence-electron chi connectivity index (χ0n) is 11.7. The summed E-state index contributed by atoms with van der Waals surface area (Å²) in [5.41, 5.74) is 3.58. The van der Waals surface area contributed by atoms with E-state index < -0.39 is 0 Å². The number of hydrogen-bond donors (Lipinski definition) is 1. The third-order valence-electron chi connectivity index (χ3n) is 3.21. The van der Waals surface area contributed by atoms with Gasteiger partial charge in [0.25, 0.3) is 0 Å². The van der Waals surface area contributed by atoms with E-state index in [0.29, 0.717) is 0 Å². The van der Waals surface area contributed by atoms with Gasteiger partial charge in [0.1, 0.15) is 0 Å². The molecule has 1 aromatic carbocycles. The summed E-state index contributed by atoms with van der Waals surface area (Å²) in [7, 11) is 2.01. The molecule has 0 aliphatic heterocycles. The normalized spacial score (nSPS) is 10.4. The van der Waals surface area contributed by atoms with Gasteiger partial charge in [0, 0.05) is 17.6 Å². The Morgan fingerprint density at radius 2 is 2.05 bits per heavy atom. The molecule has 0 saturated heterocycles. The average Bonchev–Trinajstić information content (AvgIpc) is 2.80. The van der Waals surface area contributed by atoms with Crippen molar-refractivity contribution in [2.24, 2.45) is 0 Å². The smallest absolute Gasteiger partial charge is 0.173 e. The van der Waals surface area contributed by atoms with Crippen LogP contribution in [0.5, 0.6) is 0 Å². The van der Waals surface area contributed by atoms with Crippen molar-refractivity contribution in [1.29, 1.82) is 0 Å². The molecule has 20 heavy (non-hydrogen) atoms. The van der Waals surface area contributed by atoms with Gasteiger partial charge in [-0.05, 0) is 71.3 Å². The SMILES string of the molecule is Cc1cccc(NC(=S)N(C)Cc2ccc(Br)s2)c1C. The first-order chi connectivity index (χ1) is 9.47. The van der Waals surface area contributed by atoms with Crippen LogP contribution in [0.1, 0.15) is 16.0 Å². The number of halogens is 1. The first kappa shape index (κ1) is 15.5. The van der Waals surface area contributed by atoms with Crippen molar-refractivity contribution in [3.8, 4) is 0 Å². The Bertz CT molecular complexity index is 622. The quantitative estimate of drug-likeness (QED) is 0.770. The molecule has 106 valence electrons. The molecule has 0 spiro atoms. The summed E-state index contributed by atoms with van der Waals surface area (Å²) in [6, 6.07) is 10.4. The van der Waals surface area contributed by atoms with E-state index in [1.165, 1.54) is 16.0 Å². The molecule has 1 N–H and O–H groups in total. The zero-order valence-corrected chi connectivity index (χ0v) is 15.0. The molecule has 2 rings (SSSR count). The van der Waals surface area contributed by atoms with Gasteiger partial charge >= 0.3 is 0 Å². The van der Waals surface area contributed by atoms with Crippen LogP contribution >= 0.6 is 39.5 Å². The van der Waals surface area contributed by atoms with Crippen molar-refractivity contribution in [2.75, 3.05) is 12.4 Å². The molecule has 0 fully saturated rings. The topological polar surface area (TPSA) is 15.3 Å². The number of rotatable bonds is 3. The molecule has 1 heterocycles. The summed E-state index contributed by atoms with van der Waals surface area (Å²) in [4.78, 5) is 3.33. The molecule has 0 amide bonds. The van der Waals surface area contributed by atoms with Gasteiger partial charge in [0.15, 0.2) is 5.11 Å². The monoisotopic (exact) mass is 368 g/mol. The van der Waals surface area contributed by atoms with Gasteiger partial charge in [-0.3, -0.25) is 0 Å². The Morgan fingerprint density at radius 1 is 1.30 bits per heavy atom. The van der Waals surface area contributed by atoms with Crippen LogP contribution in [0.15, 0.2) is 34.1 Å². The van der Waals surface area contributed by atoms with Crippen molar-refractivity contribution in [1.82, 2.24) is 4.90 Å². The van der Waals surface area contributed by atoms with E-state index in [-0.39, 0.29) is 0 Å². The Balaban J connectivity index is 2.02. The number of benzene rings is 1. The number of aryl methyl sites for hydroxylation is 1. The van der Waals surface area contributed by atoms with E-state index in [4.69, 9.17) is 12.2 Å². The van der Waals surface area contributed by atoms with Gasteiger partial charge in [0.2, 0.25) is 0 Å². The molecule has 5 heteroatoms. The largest absolute Gasteiger partial charge is 0.347 e. The number of thiophene rings is 1. The van der Waals surface area contributed by atoms with Crippen LogP contribution in [-0.4, -0.2) is 17.1 Å². The van der Waals surface area contributed by atoms with Gasteiger partial charge < -0.3 is 10.2 Å². The van der Waals surface area contributed by atoms with Crippen LogP contribution in [0.3, 0.4) is 0 Å². The van der Waals surface area contributed by atoms with Crippen LogP contribution in [0.4, 0.5) is 5.69 Å². The molecule has 2 nitrogen and oxygen atoms in total. The first-order valence-electron chi connectivity index (χ1n) is 6.30. The lowest BCUT2D eigenvalue weighted by molar-refractivity contribution is 0.514. The number of anilines is 1. The highest BCUT2D eigenvalue weighted by Crippen LogP contribution is 2.23. The first-order valence-corrected chi connectivity index (χ1v) is 8.31. The third kappa shape index (κ3) is 3.81. The minimum atomic E-state index is 0.739. The Hall–Kier alpha value is -0.910. The van der Waals surface area contributed by atoms with Crippen molar-refractivity contribution in [3.05, 3.63) is 50.1 Å². The molecule has 0 atom stereocenters. The van der Waals surface area contributed by atoms with E-state index in [9.17, 15) is 0 Å². The lowest BCUT2D eigenvalue weighted by Crippen LogP contribution is -2.30. The Morgan fingerprint density at radius 3 is 2.70 bits per heavy atom. The van der Waals surface area contributed by atoms with Crippen molar-refractivity contribution >= 4 is 50.3 Å². The fraction of sp³-hybridized carbons (Fsp3) is 0.267. The molecule has 1 aromatic heterocycles. The second-order valence-electron chi connectivity index (χ2n) is 4.74. The van der Waals surface area contributed by atoms with E-state index >= 15 is 0 Å². The number of hydrogen-bond acceptors (Lipinski definition) is 2. The number of nitrogens with one attached hydrogen (secondary N) is 1. The average molecular weight is 369 g/mol. The highest BCUT2D eigenvalue weighted by atomic mass is 79.9. The van der Waals surface area contributed by atoms with Crippen molar-refractivity contribution in [2.45, 2.75) is 20.4 Å². The third-order valence-corrected chi connectivity index (χ3v) is 5.24. The Kier molecular flexibility index (Phi) is 5.18. The highest BCUT2D eigenvalue weighted by Gasteiger charge is 2.09. The maximum absolute atomic E-state index is 5.48. The second kappa shape index (κ2) is 6.70. The van der Waals surface area contributed by atoms with Gasteiger partial charge in [-0.25, -0.2) is 0 Å². The van der Waals surface area contributed by atoms with Gasteiger partial charge in [-0.15, -0.1) is 11.3 Å². The van der Waals surface area contributed by atoms with Crippen LogP contribution in [0.2, 0.25) is 0 Å². The molecule has 0 aliphatic rings. The molecule has 0 unspecified atom stereocenters. The predicted molar refractivity (Wildman–Crippen MR) is 95.6 cm³/mol. The van der Waals surface area contributed by atoms with Crippen LogP contribution in [0, 0.1) is 13.8 Å². The van der Waals surface area contributed by atoms with Gasteiger partial charge in [-0.1, -0.05) is 12.1 Å². The fourth-order valence-electron chi connectivity index (χ4n) is 1.84. The van der Waals surface area contributed by atoms with Gasteiger partial charge in [-0.2, -0.15) is 0 Å². The standard InChI is InChI=1S/C15H17BrN2S2/c1-10-5-4-6-13(11(10)2)17-15(19)18(3)9-12-7-8-14(16)20-12/h4-8H,9H2,1-3H3,(H,17,19). The lowest BCUT2D eigenvalue weighted by Gasteiger charge is -2.21. The molecular weight excluding hydrogens is 352 g/mol. The molecule has 0 bridgehead atoms. The van der Waals surface area contributed by atoms with E-state index in [2.05, 4.69) is 64.3 Å². The zero-order chi connectivity index (χ0) is 14.7. The minimum Gasteiger partial charge on any atom is -0.347 e. The number of nitrogens with zero attached hydrogens (tertiary/aromatic N) is 1. The maximum Gasteiger partial charge on any atom is 0.173 e. The molecular formula is C15H17BrN2S2. The summed E-state index contributed by atoms with van der Waals surface area (Å²) < 4.78 is 1.15. The summed E-state index contributed by atoms with van der Waals surface area (Å²) in [5.74, 6) is 0. The summed E-state index contributed by atoms with van der Waals surface area (Å²) in [5, 5.41) is 4.07. The van der Waals surface area contributed by atoms with Gasteiger partial charge in [0.05, 0.1) is 10.3 Å². The number of thiocarbonyl (C=S) groups is 1. The summed E-state index contributed by atoms with van der Waals surface area (Å²) in [6.45, 7) is 5.03. The van der Waals surface area contributed by atoms with Crippen LogP contribution in [-0.2, 0) is 6.54 Å². The molecule has 0 saturated carbocycles. The lowest BCUT2D eigenvalue weighted by atomic mass is 10.1. The molecule has 0 radical (unpaired) electrons. The minimum absolute atomic E-state index is 0.739. The second-order valence-corrected chi connectivity index (χ2v) is 7.67. The summed E-state index contributed by atoms with van der Waals surface area (Å²) >= 11 is 10.7. The van der Waals surface area contributed by atoms with Crippen molar-refractivity contribution in [3.63, 3.8) is 0 Å². The van der Waals surface area contributed by atoms with Crippen molar-refractivity contribution < 1.29 is 0 Å². The van der Waals surface area contributed by atoms with Crippen LogP contribution < -0.4 is 5.32 Å². The summed E-state index contributed by atoms with van der Waals surface area (Å²) in [6.07, 6.45) is 0. The van der Waals surface area contributed by atoms with E-state index in [1.807, 2.05) is 13.1 Å². The van der Waals surface area contributed by atoms with Crippen LogP contribution in [0.25, 0.3) is 0 Å². The van der Waals surface area contributed by atoms with E-state index in [1.54, 1.807) is 11.3 Å². The van der Waals surface area contributed by atoms with E-state index in [0.717, 1.165) is 21.1 Å². The highest BCUT2D eigenvalue weighted by molar-refractivity contribution is 9.11. The molecule has 0 aliphatic carbocycles. The Labute approximate surface area is 137 Å².